The van der Waals surface area contributed by atoms with E-state index in [1.165, 1.54) is 0 Å². The third-order valence-electron chi connectivity index (χ3n) is 1.35. The zero-order chi connectivity index (χ0) is 8.27. The Balaban J connectivity index is 0.00000121. The van der Waals surface area contributed by atoms with E-state index in [0.717, 1.165) is 0 Å². The highest BCUT2D eigenvalue weighted by atomic mass is 16.4. The molecule has 0 saturated carbocycles. The lowest BCUT2D eigenvalue weighted by Gasteiger charge is -2.03. The Labute approximate surface area is 70.0 Å². The summed E-state index contributed by atoms with van der Waals surface area (Å²) in [5.41, 5.74) is 0.403. The first-order chi connectivity index (χ1) is 5.22. The fourth-order valence-electron chi connectivity index (χ4n) is 0.778. The van der Waals surface area contributed by atoms with Gasteiger partial charge in [-0.25, -0.2) is 4.79 Å². The second-order valence-electron chi connectivity index (χ2n) is 2.15. The van der Waals surface area contributed by atoms with Crippen molar-refractivity contribution in [2.24, 2.45) is 0 Å². The van der Waals surface area contributed by atoms with E-state index in [0.29, 0.717) is 5.56 Å². The lowest BCUT2D eigenvalue weighted by atomic mass is 10.1. The molecule has 4 heteroatoms. The van der Waals surface area contributed by atoms with Crippen LogP contribution in [0.15, 0.2) is 30.3 Å². The van der Waals surface area contributed by atoms with Crippen molar-refractivity contribution in [3.63, 3.8) is 0 Å². The Morgan fingerprint density at radius 1 is 1.25 bits per heavy atom. The Bertz CT molecular complexity index is 248. The molecule has 0 saturated heterocycles. The normalized spacial score (nSPS) is 11.4. The summed E-state index contributed by atoms with van der Waals surface area (Å²) in [4.78, 5) is 10.2. The van der Waals surface area contributed by atoms with E-state index in [4.69, 9.17) is 10.2 Å². The third-order valence-corrected chi connectivity index (χ3v) is 1.35. The molecule has 1 aromatic rings. The number of aliphatic hydroxyl groups is 1. The molecule has 0 fully saturated rings. The summed E-state index contributed by atoms with van der Waals surface area (Å²) >= 11 is 0. The minimum absolute atomic E-state index is 0. The fraction of sp³-hybridized carbons (Fsp3) is 0.125. The second-order valence-corrected chi connectivity index (χ2v) is 2.15. The number of benzene rings is 1. The molecule has 0 spiro atoms. The molecule has 66 valence electrons. The molecule has 0 radical (unpaired) electrons. The van der Waals surface area contributed by atoms with Crippen LogP contribution in [-0.4, -0.2) is 16.2 Å². The van der Waals surface area contributed by atoms with Crippen LogP contribution in [0, 0.1) is 0 Å². The van der Waals surface area contributed by atoms with Crippen LogP contribution in [0.25, 0.3) is 0 Å². The Morgan fingerprint density at radius 3 is 2.17 bits per heavy atom. The van der Waals surface area contributed by atoms with Gasteiger partial charge in [-0.05, 0) is 5.56 Å². The van der Waals surface area contributed by atoms with Gasteiger partial charge in [-0.15, -0.1) is 0 Å². The SMILES string of the molecule is O=C(O)C(O)c1ccccc1.[NH4+]. The summed E-state index contributed by atoms with van der Waals surface area (Å²) < 4.78 is 0. The van der Waals surface area contributed by atoms with Crippen LogP contribution >= 0.6 is 0 Å². The lowest BCUT2D eigenvalue weighted by molar-refractivity contribution is -0.146. The monoisotopic (exact) mass is 170 g/mol. The smallest absolute Gasteiger partial charge is 0.337 e. The van der Waals surface area contributed by atoms with Gasteiger partial charge in [0, 0.05) is 0 Å². The average molecular weight is 170 g/mol. The molecular weight excluding hydrogens is 158 g/mol. The van der Waals surface area contributed by atoms with Crippen molar-refractivity contribution < 1.29 is 15.0 Å². The van der Waals surface area contributed by atoms with Crippen LogP contribution in [0.5, 0.6) is 0 Å². The van der Waals surface area contributed by atoms with Crippen molar-refractivity contribution in [3.05, 3.63) is 35.9 Å². The van der Waals surface area contributed by atoms with Crippen LogP contribution in [0.4, 0.5) is 0 Å². The van der Waals surface area contributed by atoms with Crippen LogP contribution < -0.4 is 6.15 Å². The van der Waals surface area contributed by atoms with E-state index in [1.807, 2.05) is 0 Å². The first-order valence-electron chi connectivity index (χ1n) is 3.17. The molecule has 0 amide bonds. The van der Waals surface area contributed by atoms with Crippen LogP contribution in [0.3, 0.4) is 0 Å². The van der Waals surface area contributed by atoms with Gasteiger partial charge in [-0.2, -0.15) is 0 Å². The summed E-state index contributed by atoms with van der Waals surface area (Å²) in [7, 11) is 0. The Hall–Kier alpha value is -1.39. The van der Waals surface area contributed by atoms with Gasteiger partial charge in [0.2, 0.25) is 0 Å². The van der Waals surface area contributed by atoms with Gasteiger partial charge in [0.15, 0.2) is 6.10 Å². The number of aliphatic carboxylic acids is 1. The number of carbonyl (C=O) groups is 1. The summed E-state index contributed by atoms with van der Waals surface area (Å²) in [6.45, 7) is 0. The molecule has 12 heavy (non-hydrogen) atoms. The maximum absolute atomic E-state index is 10.2. The van der Waals surface area contributed by atoms with E-state index < -0.39 is 12.1 Å². The minimum atomic E-state index is -1.41. The van der Waals surface area contributed by atoms with E-state index in [2.05, 4.69) is 0 Å². The van der Waals surface area contributed by atoms with Gasteiger partial charge in [0.25, 0.3) is 0 Å². The number of quaternary nitrogens is 1. The Morgan fingerprint density at radius 2 is 1.75 bits per heavy atom. The zero-order valence-corrected chi connectivity index (χ0v) is 6.77. The maximum atomic E-state index is 10.2. The third kappa shape index (κ3) is 2.34. The van der Waals surface area contributed by atoms with Crippen molar-refractivity contribution in [3.8, 4) is 0 Å². The lowest BCUT2D eigenvalue weighted by Crippen LogP contribution is -2.09. The van der Waals surface area contributed by atoms with Gasteiger partial charge < -0.3 is 16.4 Å². The molecule has 4 nitrogen and oxygen atoms in total. The predicted octanol–water partition coefficient (Wildman–Crippen LogP) is 1.18. The average Bonchev–Trinajstić information content (AvgIpc) is 2.05. The molecule has 1 atom stereocenters. The van der Waals surface area contributed by atoms with E-state index in [1.54, 1.807) is 30.3 Å². The molecule has 1 unspecified atom stereocenters. The molecule has 0 aliphatic heterocycles. The summed E-state index contributed by atoms with van der Waals surface area (Å²) in [6, 6.07) is 8.26. The van der Waals surface area contributed by atoms with Gasteiger partial charge >= 0.3 is 5.97 Å². The topological polar surface area (TPSA) is 94.0 Å². The van der Waals surface area contributed by atoms with E-state index >= 15 is 0 Å². The quantitative estimate of drug-likeness (QED) is 0.622. The first-order valence-corrected chi connectivity index (χ1v) is 3.17. The van der Waals surface area contributed by atoms with Gasteiger partial charge in [0.05, 0.1) is 0 Å². The molecule has 1 aromatic carbocycles. The predicted molar refractivity (Wildman–Crippen MR) is 45.0 cm³/mol. The maximum Gasteiger partial charge on any atom is 0.337 e. The van der Waals surface area contributed by atoms with Crippen molar-refractivity contribution in [2.45, 2.75) is 6.10 Å². The van der Waals surface area contributed by atoms with E-state index in [9.17, 15) is 4.79 Å². The zero-order valence-electron chi connectivity index (χ0n) is 6.77. The van der Waals surface area contributed by atoms with E-state index in [-0.39, 0.29) is 6.15 Å². The van der Waals surface area contributed by atoms with Crippen LogP contribution in [0.1, 0.15) is 11.7 Å². The van der Waals surface area contributed by atoms with Crippen molar-refractivity contribution in [2.75, 3.05) is 0 Å². The minimum Gasteiger partial charge on any atom is -0.479 e. The number of carboxylic acids is 1. The first kappa shape index (κ1) is 10.6. The fourth-order valence-corrected chi connectivity index (χ4v) is 0.778. The molecule has 1 rings (SSSR count). The highest BCUT2D eigenvalue weighted by Gasteiger charge is 2.14. The molecule has 0 heterocycles. The molecule has 0 aliphatic rings. The largest absolute Gasteiger partial charge is 0.479 e. The number of hydrogen-bond donors (Lipinski definition) is 3. The highest BCUT2D eigenvalue weighted by molar-refractivity contribution is 5.73. The molecule has 0 bridgehead atoms. The number of aliphatic hydroxyl groups excluding tert-OH is 1. The van der Waals surface area contributed by atoms with Gasteiger partial charge in [-0.1, -0.05) is 30.3 Å². The van der Waals surface area contributed by atoms with Gasteiger partial charge in [-0.3, -0.25) is 0 Å². The highest BCUT2D eigenvalue weighted by Crippen LogP contribution is 2.10. The van der Waals surface area contributed by atoms with Crippen molar-refractivity contribution >= 4 is 5.97 Å². The number of rotatable bonds is 2. The molecule has 6 N–H and O–H groups in total. The number of carboxylic acid groups (broad SMARTS) is 1. The molecular formula is C8H12NO3+. The second kappa shape index (κ2) is 4.48. The Kier molecular flexibility index (Phi) is 3.96. The molecule has 0 aliphatic carbocycles. The van der Waals surface area contributed by atoms with Crippen molar-refractivity contribution in [1.82, 2.24) is 6.15 Å². The number of hydrogen-bond acceptors (Lipinski definition) is 2. The van der Waals surface area contributed by atoms with Crippen LogP contribution in [0.2, 0.25) is 0 Å². The summed E-state index contributed by atoms with van der Waals surface area (Å²) in [6.07, 6.45) is -1.41. The van der Waals surface area contributed by atoms with Gasteiger partial charge in [0.1, 0.15) is 0 Å². The molecule has 0 aromatic heterocycles. The summed E-state index contributed by atoms with van der Waals surface area (Å²) in [5, 5.41) is 17.4. The van der Waals surface area contributed by atoms with Crippen molar-refractivity contribution in [1.29, 1.82) is 0 Å². The summed E-state index contributed by atoms with van der Waals surface area (Å²) in [5.74, 6) is -1.23. The van der Waals surface area contributed by atoms with Crippen LogP contribution in [-0.2, 0) is 4.79 Å². The standard InChI is InChI=1S/C8H8O3.H3N/c9-7(8(10)11)6-4-2-1-3-5-6;/h1-5,7,9H,(H,10,11);1H3/p+1.